The van der Waals surface area contributed by atoms with Crippen molar-refractivity contribution >= 4 is 45.0 Å². The first-order chi connectivity index (χ1) is 22.3. The van der Waals surface area contributed by atoms with Crippen LogP contribution in [-0.2, 0) is 19.4 Å². The lowest BCUT2D eigenvalue weighted by Crippen LogP contribution is -2.57. The van der Waals surface area contributed by atoms with Gasteiger partial charge in [-0.3, -0.25) is 14.5 Å². The molecule has 262 valence electrons. The summed E-state index contributed by atoms with van der Waals surface area (Å²) in [6.45, 7) is 7.40. The summed E-state index contributed by atoms with van der Waals surface area (Å²) in [4.78, 5) is 39.9. The number of rotatable bonds is 7. The zero-order chi connectivity index (χ0) is 35.3. The Balaban J connectivity index is 1.29. The number of sulfone groups is 1. The normalized spacial score (nSPS) is 27.1. The number of ether oxygens (including phenoxy) is 1. The second kappa shape index (κ2) is 13.2. The molecule has 2 aliphatic carbocycles. The van der Waals surface area contributed by atoms with Crippen LogP contribution in [0.25, 0.3) is 0 Å². The van der Waals surface area contributed by atoms with E-state index >= 15 is 0 Å². The van der Waals surface area contributed by atoms with Gasteiger partial charge < -0.3 is 20.5 Å². The van der Waals surface area contributed by atoms with Gasteiger partial charge in [-0.2, -0.15) is 0 Å². The van der Waals surface area contributed by atoms with Crippen LogP contribution in [0.4, 0.5) is 23.7 Å². The Hall–Kier alpha value is -3.36. The van der Waals surface area contributed by atoms with Crippen molar-refractivity contribution in [3.05, 3.63) is 58.4 Å². The Kier molecular flexibility index (Phi) is 9.85. The predicted molar refractivity (Wildman–Crippen MR) is 171 cm³/mol. The number of carbonyl (C=O) groups is 3. The molecule has 2 aromatic carbocycles. The van der Waals surface area contributed by atoms with Crippen LogP contribution in [0, 0.1) is 35.2 Å². The van der Waals surface area contributed by atoms with E-state index in [1.807, 2.05) is 6.92 Å². The van der Waals surface area contributed by atoms with Gasteiger partial charge in [0.15, 0.2) is 27.3 Å². The minimum Gasteiger partial charge on any atom is -0.444 e. The van der Waals surface area contributed by atoms with Crippen molar-refractivity contribution in [2.45, 2.75) is 87.2 Å². The highest BCUT2D eigenvalue weighted by molar-refractivity contribution is 7.92. The first-order valence-corrected chi connectivity index (χ1v) is 17.7. The van der Waals surface area contributed by atoms with Gasteiger partial charge in [-0.1, -0.05) is 18.5 Å². The fourth-order valence-electron chi connectivity index (χ4n) is 7.37. The minimum absolute atomic E-state index is 0.0640. The van der Waals surface area contributed by atoms with E-state index in [0.29, 0.717) is 37.9 Å². The van der Waals surface area contributed by atoms with Crippen LogP contribution >= 0.6 is 11.6 Å². The summed E-state index contributed by atoms with van der Waals surface area (Å²) in [5, 5.41) is 15.9. The van der Waals surface area contributed by atoms with E-state index < -0.39 is 79.5 Å². The number of hydrogen-bond acceptors (Lipinski definition) is 7. The molecule has 1 heterocycles. The molecule has 3 N–H and O–H groups in total. The highest BCUT2D eigenvalue weighted by Gasteiger charge is 2.58. The van der Waals surface area contributed by atoms with Gasteiger partial charge in [-0.05, 0) is 88.8 Å². The van der Waals surface area contributed by atoms with Crippen LogP contribution in [0.1, 0.15) is 70.2 Å². The van der Waals surface area contributed by atoms with Crippen LogP contribution in [0.5, 0.6) is 0 Å². The zero-order valence-electron chi connectivity index (χ0n) is 27.0. The number of aliphatic hydroxyl groups is 1. The standard InChI is InChI=1S/C33H39ClF3N3O7S/c1-17-10-19-12-21(15-22(17)33(19,44)16-38-30(42)26-6-5-9-40(26)31(43)47-32(2,3)4)48(45,46)27-11-18(7-8-23(27)34)29(41)39-20-13-24(35)28(37)25(36)14-20/h7-8,11,13-14,17,19,21-22,26,44H,5-6,9-10,12,15-16H2,1-4H3,(H,38,42)(H,39,41)/t17-,19?,21?,22?,26-,33+/m0/s1. The molecule has 0 aromatic heterocycles. The third-order valence-electron chi connectivity index (χ3n) is 9.67. The van der Waals surface area contributed by atoms with Crippen molar-refractivity contribution < 1.29 is 45.8 Å². The maximum atomic E-state index is 14.0. The van der Waals surface area contributed by atoms with E-state index in [-0.39, 0.29) is 46.5 Å². The second-order valence-electron chi connectivity index (χ2n) is 14.0. The summed E-state index contributed by atoms with van der Waals surface area (Å²) in [5.41, 5.74) is -2.65. The molecule has 6 atom stereocenters. The van der Waals surface area contributed by atoms with Gasteiger partial charge in [0.1, 0.15) is 11.6 Å². The number of likely N-dealkylation sites (tertiary alicyclic amines) is 1. The van der Waals surface area contributed by atoms with E-state index in [1.54, 1.807) is 20.8 Å². The molecule has 3 aliphatic rings. The Morgan fingerprint density at radius 1 is 1.08 bits per heavy atom. The molecule has 2 aromatic rings. The molecule has 0 spiro atoms. The first kappa shape index (κ1) is 35.9. The fraction of sp³-hybridized carbons (Fsp3) is 0.545. The van der Waals surface area contributed by atoms with Crippen molar-refractivity contribution in [2.75, 3.05) is 18.4 Å². The summed E-state index contributed by atoms with van der Waals surface area (Å²) in [6, 6.07) is 3.99. The topological polar surface area (TPSA) is 142 Å². The smallest absolute Gasteiger partial charge is 0.410 e. The van der Waals surface area contributed by atoms with Crippen molar-refractivity contribution in [2.24, 2.45) is 17.8 Å². The Labute approximate surface area is 282 Å². The number of carbonyl (C=O) groups excluding carboxylic acids is 3. The lowest BCUT2D eigenvalue weighted by atomic mass is 9.73. The quantitative estimate of drug-likeness (QED) is 0.324. The zero-order valence-corrected chi connectivity index (χ0v) is 28.6. The molecule has 0 radical (unpaired) electrons. The van der Waals surface area contributed by atoms with Gasteiger partial charge in [-0.25, -0.2) is 26.4 Å². The number of hydrogen-bond donors (Lipinski definition) is 3. The van der Waals surface area contributed by atoms with Crippen molar-refractivity contribution in [3.8, 4) is 0 Å². The largest absolute Gasteiger partial charge is 0.444 e. The summed E-state index contributed by atoms with van der Waals surface area (Å²) in [5.74, 6) is -7.06. The molecule has 1 aliphatic heterocycles. The average molecular weight is 714 g/mol. The highest BCUT2D eigenvalue weighted by Crippen LogP contribution is 2.54. The predicted octanol–water partition coefficient (Wildman–Crippen LogP) is 5.46. The summed E-state index contributed by atoms with van der Waals surface area (Å²) < 4.78 is 74.1. The average Bonchev–Trinajstić information content (AvgIpc) is 3.51. The van der Waals surface area contributed by atoms with Crippen LogP contribution in [0.2, 0.25) is 5.02 Å². The molecule has 3 unspecified atom stereocenters. The van der Waals surface area contributed by atoms with Crippen molar-refractivity contribution in [1.82, 2.24) is 10.2 Å². The molecule has 3 amide bonds. The number of nitrogens with zero attached hydrogens (tertiary/aromatic N) is 1. The van der Waals surface area contributed by atoms with E-state index in [4.69, 9.17) is 16.3 Å². The molecule has 2 bridgehead atoms. The first-order valence-electron chi connectivity index (χ1n) is 15.8. The maximum absolute atomic E-state index is 14.0. The monoisotopic (exact) mass is 713 g/mol. The van der Waals surface area contributed by atoms with Gasteiger partial charge >= 0.3 is 6.09 Å². The third-order valence-corrected chi connectivity index (χ3v) is 12.3. The molecule has 1 saturated heterocycles. The van der Waals surface area contributed by atoms with Gasteiger partial charge in [0.05, 0.1) is 20.8 Å². The minimum atomic E-state index is -4.15. The molecular formula is C33H39ClF3N3O7S. The number of benzene rings is 2. The number of fused-ring (bicyclic) bond motifs is 2. The van der Waals surface area contributed by atoms with Gasteiger partial charge in [0.2, 0.25) is 5.91 Å². The lowest BCUT2D eigenvalue weighted by Gasteiger charge is -2.43. The molecule has 5 rings (SSSR count). The lowest BCUT2D eigenvalue weighted by molar-refractivity contribution is -0.128. The van der Waals surface area contributed by atoms with Crippen molar-refractivity contribution in [3.63, 3.8) is 0 Å². The number of halogens is 4. The number of anilines is 1. The Bertz CT molecular complexity index is 1710. The molecule has 3 fully saturated rings. The van der Waals surface area contributed by atoms with Crippen LogP contribution < -0.4 is 10.6 Å². The number of amides is 3. The molecule has 10 nitrogen and oxygen atoms in total. The van der Waals surface area contributed by atoms with Crippen LogP contribution in [0.3, 0.4) is 0 Å². The van der Waals surface area contributed by atoms with E-state index in [9.17, 15) is 41.1 Å². The molecule has 15 heteroatoms. The Morgan fingerprint density at radius 2 is 1.75 bits per heavy atom. The summed E-state index contributed by atoms with van der Waals surface area (Å²) in [6.07, 6.45) is 1.15. The van der Waals surface area contributed by atoms with Gasteiger partial charge in [0.25, 0.3) is 5.91 Å². The second-order valence-corrected chi connectivity index (χ2v) is 16.7. The van der Waals surface area contributed by atoms with Crippen LogP contribution in [-0.4, -0.2) is 71.9 Å². The van der Waals surface area contributed by atoms with E-state index in [2.05, 4.69) is 10.6 Å². The van der Waals surface area contributed by atoms with Gasteiger partial charge in [0, 0.05) is 36.5 Å². The van der Waals surface area contributed by atoms with Gasteiger partial charge in [-0.15, -0.1) is 0 Å². The maximum Gasteiger partial charge on any atom is 0.410 e. The third kappa shape index (κ3) is 7.02. The summed E-state index contributed by atoms with van der Waals surface area (Å²) >= 11 is 6.33. The fourth-order valence-corrected chi connectivity index (χ4v) is 9.75. The van der Waals surface area contributed by atoms with E-state index in [0.717, 1.165) is 6.07 Å². The SMILES string of the molecule is C[C@H]1CC2CC(S(=O)(=O)c3cc(C(=O)Nc4cc(F)c(F)c(F)c4)ccc3Cl)CC1[C@@]2(O)CNC(=O)[C@@H]1CCCN1C(=O)OC(C)(C)C. The van der Waals surface area contributed by atoms with Crippen molar-refractivity contribution in [1.29, 1.82) is 0 Å². The van der Waals surface area contributed by atoms with E-state index in [1.165, 1.54) is 17.0 Å². The molecule has 2 saturated carbocycles. The molecule has 48 heavy (non-hydrogen) atoms. The van der Waals surface area contributed by atoms with Crippen LogP contribution in [0.15, 0.2) is 35.2 Å². The highest BCUT2D eigenvalue weighted by atomic mass is 35.5. The summed E-state index contributed by atoms with van der Waals surface area (Å²) in [7, 11) is -4.15. The molecular weight excluding hydrogens is 675 g/mol. The number of nitrogens with one attached hydrogen (secondary N) is 2. The Morgan fingerprint density at radius 3 is 2.38 bits per heavy atom.